The lowest BCUT2D eigenvalue weighted by Gasteiger charge is -2.15. The second-order valence-electron chi connectivity index (χ2n) is 10.2. The minimum atomic E-state index is -4.37. The number of imidazole rings is 2. The predicted molar refractivity (Wildman–Crippen MR) is 148 cm³/mol. The molecule has 2 heterocycles. The number of benzene rings is 2. The zero-order valence-corrected chi connectivity index (χ0v) is 23.8. The summed E-state index contributed by atoms with van der Waals surface area (Å²) in [5, 5.41) is 0. The van der Waals surface area contributed by atoms with Crippen LogP contribution in [0.3, 0.4) is 0 Å². The van der Waals surface area contributed by atoms with E-state index in [0.29, 0.717) is 33.7 Å². The van der Waals surface area contributed by atoms with E-state index >= 15 is 0 Å². The molecule has 0 unspecified atom stereocenters. The maximum atomic E-state index is 13.2. The van der Waals surface area contributed by atoms with Gasteiger partial charge in [0.25, 0.3) is 0 Å². The van der Waals surface area contributed by atoms with Gasteiger partial charge >= 0.3 is 12.4 Å². The Morgan fingerprint density at radius 1 is 0.659 bits per heavy atom. The second-order valence-corrected chi connectivity index (χ2v) is 10.2. The fourth-order valence-corrected chi connectivity index (χ4v) is 4.57. The van der Waals surface area contributed by atoms with E-state index in [1.54, 1.807) is 57.0 Å². The van der Waals surface area contributed by atoms with E-state index < -0.39 is 23.5 Å². The Labute approximate surface area is 236 Å². The summed E-state index contributed by atoms with van der Waals surface area (Å²) in [6.45, 7) is 7.53. The molecule has 0 radical (unpaired) electrons. The molecule has 0 aliphatic rings. The van der Waals surface area contributed by atoms with Gasteiger partial charge in [-0.05, 0) is 47.2 Å². The summed E-state index contributed by atoms with van der Waals surface area (Å²) in [7, 11) is 6.53. The number of alkyl halides is 6. The molecule has 0 bridgehead atoms. The van der Waals surface area contributed by atoms with Crippen molar-refractivity contribution in [2.24, 2.45) is 14.1 Å². The van der Waals surface area contributed by atoms with Crippen molar-refractivity contribution in [3.8, 4) is 0 Å². The molecule has 4 aromatic rings. The highest BCUT2D eigenvalue weighted by molar-refractivity contribution is 5.79. The summed E-state index contributed by atoms with van der Waals surface area (Å²) in [6.07, 6.45) is -8.73. The minimum Gasteiger partial charge on any atom is -0.377 e. The number of aryl methyl sites for hydroxylation is 2. The third-order valence-electron chi connectivity index (χ3n) is 6.69. The van der Waals surface area contributed by atoms with Crippen LogP contribution in [0.25, 0.3) is 22.1 Å². The number of methoxy groups -OCH3 is 2. The molecule has 228 valence electrons. The van der Waals surface area contributed by atoms with Gasteiger partial charge in [-0.1, -0.05) is 35.1 Å². The smallest absolute Gasteiger partial charge is 0.377 e. The molecule has 0 atom stereocenters. The summed E-state index contributed by atoms with van der Waals surface area (Å²) in [5.74, 6) is 0.786. The first-order chi connectivity index (χ1) is 18.5. The van der Waals surface area contributed by atoms with Gasteiger partial charge in [-0.3, -0.25) is 0 Å². The number of hydrogen-bond acceptors (Lipinski definition) is 4. The van der Waals surface area contributed by atoms with Crippen molar-refractivity contribution in [3.05, 3.63) is 58.2 Å². The molecule has 12 heteroatoms. The van der Waals surface area contributed by atoms with Gasteiger partial charge < -0.3 is 18.6 Å². The Balaban J connectivity index is 0.000000280. The molecule has 0 fully saturated rings. The highest BCUT2D eigenvalue weighted by Gasteiger charge is 2.36. The van der Waals surface area contributed by atoms with Crippen molar-refractivity contribution < 1.29 is 35.8 Å². The van der Waals surface area contributed by atoms with Crippen LogP contribution in [0.1, 0.15) is 80.9 Å². The Bertz CT molecular complexity index is 1480. The zero-order chi connectivity index (χ0) is 30.2. The highest BCUT2D eigenvalue weighted by Crippen LogP contribution is 2.39. The van der Waals surface area contributed by atoms with E-state index in [1.807, 2.05) is 0 Å². The molecule has 0 spiro atoms. The Morgan fingerprint density at radius 3 is 1.41 bits per heavy atom. The van der Waals surface area contributed by atoms with Crippen molar-refractivity contribution in [2.75, 3.05) is 14.2 Å². The number of fused-ring (bicyclic) bond motifs is 2. The molecule has 0 saturated carbocycles. The lowest BCUT2D eigenvalue weighted by atomic mass is 9.96. The second kappa shape index (κ2) is 12.8. The van der Waals surface area contributed by atoms with Crippen LogP contribution >= 0.6 is 0 Å². The summed E-state index contributed by atoms with van der Waals surface area (Å²) in [5.41, 5.74) is 1.42. The topological polar surface area (TPSA) is 54.1 Å². The van der Waals surface area contributed by atoms with Crippen LogP contribution in [0.5, 0.6) is 0 Å². The first kappa shape index (κ1) is 34.1. The number of halogens is 6. The molecule has 0 amide bonds. The van der Waals surface area contributed by atoms with Gasteiger partial charge in [-0.15, -0.1) is 0 Å². The Hall–Kier alpha value is -3.12. The molecule has 0 N–H and O–H groups in total. The third-order valence-corrected chi connectivity index (χ3v) is 6.69. The zero-order valence-electron chi connectivity index (χ0n) is 23.8. The first-order valence-corrected chi connectivity index (χ1v) is 12.6. The van der Waals surface area contributed by atoms with Gasteiger partial charge in [-0.25, -0.2) is 9.97 Å². The van der Waals surface area contributed by atoms with Gasteiger partial charge in [0.05, 0.1) is 33.2 Å². The van der Waals surface area contributed by atoms with Gasteiger partial charge in [0.15, 0.2) is 0 Å². The average Bonchev–Trinajstić information content (AvgIpc) is 3.32. The van der Waals surface area contributed by atoms with E-state index in [4.69, 9.17) is 9.47 Å². The van der Waals surface area contributed by atoms with Crippen molar-refractivity contribution in [1.82, 2.24) is 19.1 Å². The van der Waals surface area contributed by atoms with Crippen LogP contribution < -0.4 is 0 Å². The molecule has 2 aromatic carbocycles. The van der Waals surface area contributed by atoms with Gasteiger partial charge in [-0.2, -0.15) is 26.3 Å². The fraction of sp³-hybridized carbons (Fsp3) is 0.517. The van der Waals surface area contributed by atoms with Crippen molar-refractivity contribution in [2.45, 2.75) is 72.5 Å². The molecule has 2 aromatic heterocycles. The van der Waals surface area contributed by atoms with Crippen molar-refractivity contribution in [1.29, 1.82) is 0 Å². The van der Waals surface area contributed by atoms with Crippen molar-refractivity contribution >= 4 is 22.1 Å². The maximum absolute atomic E-state index is 13.2. The van der Waals surface area contributed by atoms with Crippen molar-refractivity contribution in [3.63, 3.8) is 0 Å². The van der Waals surface area contributed by atoms with E-state index in [1.165, 1.54) is 26.4 Å². The quantitative estimate of drug-likeness (QED) is 0.213. The standard InChI is InChI=1S/2C14H17F3N2O.CH4/c1-8(2)9-5-12-11(6-10(9)14(15,16)17)18-13(7-20-4)19(12)3;1-8(2)9-5-11-12(6-10(9)14(15,16)17)19(3)13(18-11)7-20-4;/h2*5-6,8H,7H2,1-4H3;1H4. The number of hydrogen-bond donors (Lipinski definition) is 0. The molecule has 0 saturated heterocycles. The highest BCUT2D eigenvalue weighted by atomic mass is 19.4. The monoisotopic (exact) mass is 588 g/mol. The number of aromatic nitrogens is 4. The van der Waals surface area contributed by atoms with E-state index in [-0.39, 0.29) is 43.6 Å². The van der Waals surface area contributed by atoms with E-state index in [0.717, 1.165) is 6.07 Å². The van der Waals surface area contributed by atoms with E-state index in [9.17, 15) is 26.3 Å². The molecule has 6 nitrogen and oxygen atoms in total. The SMILES string of the molecule is C.COCc1nc2cc(C(C)C)c(C(F)(F)F)cc2n1C.COCc1nc2cc(C(F)(F)F)c(C(C)C)cc2n1C. The summed E-state index contributed by atoms with van der Waals surface area (Å²) in [4.78, 5) is 8.55. The van der Waals surface area contributed by atoms with Gasteiger partial charge in [0.2, 0.25) is 0 Å². The van der Waals surface area contributed by atoms with Crippen LogP contribution in [-0.2, 0) is 49.1 Å². The van der Waals surface area contributed by atoms with Crippen LogP contribution in [-0.4, -0.2) is 33.3 Å². The maximum Gasteiger partial charge on any atom is 0.416 e. The Kier molecular flexibility index (Phi) is 10.6. The number of ether oxygens (including phenoxy) is 2. The largest absolute Gasteiger partial charge is 0.416 e. The number of nitrogens with zero attached hydrogens (tertiary/aromatic N) is 4. The van der Waals surface area contributed by atoms with Crippen LogP contribution in [0, 0.1) is 0 Å². The summed E-state index contributed by atoms with van der Waals surface area (Å²) >= 11 is 0. The van der Waals surface area contributed by atoms with E-state index in [2.05, 4.69) is 9.97 Å². The lowest BCUT2D eigenvalue weighted by molar-refractivity contribution is -0.139. The average molecular weight is 589 g/mol. The van der Waals surface area contributed by atoms with Crippen LogP contribution in [0.2, 0.25) is 0 Å². The minimum absolute atomic E-state index is 0. The normalized spacial score (nSPS) is 12.3. The van der Waals surface area contributed by atoms with Crippen LogP contribution in [0.15, 0.2) is 24.3 Å². The predicted octanol–water partition coefficient (Wildman–Crippen LogP) is 8.36. The third kappa shape index (κ3) is 7.21. The van der Waals surface area contributed by atoms with Crippen LogP contribution in [0.4, 0.5) is 26.3 Å². The first-order valence-electron chi connectivity index (χ1n) is 12.6. The molecular weight excluding hydrogens is 550 g/mol. The van der Waals surface area contributed by atoms with Gasteiger partial charge in [0, 0.05) is 28.3 Å². The van der Waals surface area contributed by atoms with Gasteiger partial charge in [0.1, 0.15) is 24.9 Å². The number of rotatable bonds is 6. The molecule has 41 heavy (non-hydrogen) atoms. The Morgan fingerprint density at radius 2 is 1.02 bits per heavy atom. The fourth-order valence-electron chi connectivity index (χ4n) is 4.57. The molecule has 4 rings (SSSR count). The summed E-state index contributed by atoms with van der Waals surface area (Å²) in [6, 6.07) is 5.41. The summed E-state index contributed by atoms with van der Waals surface area (Å²) < 4.78 is 92.3. The lowest BCUT2D eigenvalue weighted by Crippen LogP contribution is -2.10. The molecule has 0 aliphatic carbocycles. The molecule has 0 aliphatic heterocycles. The molecular formula is C29H38F6N4O2.